The Balaban J connectivity index is 1.92. The number of ketones is 1. The first-order valence-corrected chi connectivity index (χ1v) is 10.3. The number of aryl methyl sites for hydroxylation is 1. The second kappa shape index (κ2) is 7.98. The molecule has 160 valence electrons. The van der Waals surface area contributed by atoms with Gasteiger partial charge in [-0.3, -0.25) is 14.4 Å². The number of rotatable bonds is 7. The molecule has 1 saturated carbocycles. The molecule has 0 radical (unpaired) electrons. The number of carbonyl (C=O) groups excluding carboxylic acids is 3. The molecule has 0 aliphatic heterocycles. The largest absolute Gasteiger partial charge is 0.465 e. The summed E-state index contributed by atoms with van der Waals surface area (Å²) in [6.07, 6.45) is 3.16. The number of hydrogen-bond donors (Lipinski definition) is 0. The summed E-state index contributed by atoms with van der Waals surface area (Å²) >= 11 is 0. The van der Waals surface area contributed by atoms with Crippen molar-refractivity contribution < 1.29 is 23.9 Å². The molecule has 4 rings (SSSR count). The summed E-state index contributed by atoms with van der Waals surface area (Å²) in [4.78, 5) is 44.2. The number of benzene rings is 2. The van der Waals surface area contributed by atoms with E-state index in [0.29, 0.717) is 0 Å². The van der Waals surface area contributed by atoms with Crippen molar-refractivity contribution in [2.75, 3.05) is 13.2 Å². The van der Waals surface area contributed by atoms with Crippen LogP contribution in [0.15, 0.2) is 54.9 Å². The average molecular weight is 420 g/mol. The molecule has 0 N–H and O–H groups in total. The van der Waals surface area contributed by atoms with Crippen LogP contribution in [0.3, 0.4) is 0 Å². The van der Waals surface area contributed by atoms with Crippen LogP contribution in [0.4, 0.5) is 0 Å². The predicted molar refractivity (Wildman–Crippen MR) is 113 cm³/mol. The predicted octanol–water partition coefficient (Wildman–Crippen LogP) is 3.28. The van der Waals surface area contributed by atoms with Crippen molar-refractivity contribution >= 4 is 28.5 Å². The number of aromatic nitrogens is 2. The fourth-order valence-corrected chi connectivity index (χ4v) is 4.53. The van der Waals surface area contributed by atoms with Gasteiger partial charge in [0.15, 0.2) is 11.2 Å². The molecular formula is C24H24N2O5. The SMILES string of the molecule is CCOC(=O)C1(C(=O)OCC)[C@H](C(=O)c2nccn2C)[C@H]1c1cccc2ccccc12. The highest BCUT2D eigenvalue weighted by molar-refractivity contribution is 6.16. The lowest BCUT2D eigenvalue weighted by Crippen LogP contribution is -2.34. The van der Waals surface area contributed by atoms with Gasteiger partial charge in [0.1, 0.15) is 0 Å². The van der Waals surface area contributed by atoms with Crippen LogP contribution < -0.4 is 0 Å². The van der Waals surface area contributed by atoms with E-state index in [0.717, 1.165) is 16.3 Å². The Kier molecular flexibility index (Phi) is 5.35. The van der Waals surface area contributed by atoms with Crippen LogP contribution >= 0.6 is 0 Å². The lowest BCUT2D eigenvalue weighted by molar-refractivity contribution is -0.165. The van der Waals surface area contributed by atoms with Crippen molar-refractivity contribution in [1.29, 1.82) is 0 Å². The Hall–Kier alpha value is -3.48. The summed E-state index contributed by atoms with van der Waals surface area (Å²) in [6.45, 7) is 3.51. The molecule has 2 atom stereocenters. The molecule has 0 amide bonds. The van der Waals surface area contributed by atoms with Gasteiger partial charge < -0.3 is 14.0 Å². The fourth-order valence-electron chi connectivity index (χ4n) is 4.53. The highest BCUT2D eigenvalue weighted by Gasteiger charge is 2.80. The summed E-state index contributed by atoms with van der Waals surface area (Å²) in [5.41, 5.74) is -0.995. The van der Waals surface area contributed by atoms with Crippen LogP contribution in [0.1, 0.15) is 35.9 Å². The van der Waals surface area contributed by atoms with Crippen LogP contribution in [0.5, 0.6) is 0 Å². The number of nitrogens with zero attached hydrogens (tertiary/aromatic N) is 2. The lowest BCUT2D eigenvalue weighted by Gasteiger charge is -2.16. The Morgan fingerprint density at radius 2 is 1.65 bits per heavy atom. The van der Waals surface area contributed by atoms with E-state index in [-0.39, 0.29) is 24.8 Å². The van der Waals surface area contributed by atoms with Crippen LogP contribution in [0.25, 0.3) is 10.8 Å². The molecule has 0 saturated heterocycles. The van der Waals surface area contributed by atoms with Gasteiger partial charge in [0.2, 0.25) is 5.78 Å². The molecule has 1 fully saturated rings. The Morgan fingerprint density at radius 3 is 2.26 bits per heavy atom. The van der Waals surface area contributed by atoms with Gasteiger partial charge in [0.25, 0.3) is 0 Å². The normalized spacial score (nSPS) is 19.1. The van der Waals surface area contributed by atoms with E-state index in [4.69, 9.17) is 9.47 Å². The van der Waals surface area contributed by atoms with E-state index < -0.39 is 29.2 Å². The topological polar surface area (TPSA) is 87.5 Å². The summed E-state index contributed by atoms with van der Waals surface area (Å²) in [5, 5.41) is 1.83. The molecule has 3 aromatic rings. The van der Waals surface area contributed by atoms with Crippen LogP contribution in [-0.2, 0) is 26.1 Å². The van der Waals surface area contributed by atoms with Crippen molar-refractivity contribution in [2.24, 2.45) is 18.4 Å². The molecule has 31 heavy (non-hydrogen) atoms. The van der Waals surface area contributed by atoms with Crippen molar-refractivity contribution in [3.8, 4) is 0 Å². The molecular weight excluding hydrogens is 396 g/mol. The third-order valence-electron chi connectivity index (χ3n) is 5.91. The van der Waals surface area contributed by atoms with Gasteiger partial charge in [-0.15, -0.1) is 0 Å². The number of imidazole rings is 1. The molecule has 0 spiro atoms. The molecule has 2 aromatic carbocycles. The first kappa shape index (κ1) is 20.8. The molecule has 1 aliphatic rings. The third kappa shape index (κ3) is 3.12. The van der Waals surface area contributed by atoms with Crippen LogP contribution in [0.2, 0.25) is 0 Å². The zero-order valence-corrected chi connectivity index (χ0v) is 17.7. The summed E-state index contributed by atoms with van der Waals surface area (Å²) in [7, 11) is 1.70. The number of ether oxygens (including phenoxy) is 2. The molecule has 1 heterocycles. The summed E-state index contributed by atoms with van der Waals surface area (Å²) < 4.78 is 12.2. The second-order valence-electron chi connectivity index (χ2n) is 7.56. The highest BCUT2D eigenvalue weighted by atomic mass is 16.6. The molecule has 1 aromatic heterocycles. The van der Waals surface area contributed by atoms with Crippen molar-refractivity contribution in [3.05, 3.63) is 66.2 Å². The van der Waals surface area contributed by atoms with Gasteiger partial charge in [-0.05, 0) is 30.2 Å². The molecule has 0 unspecified atom stereocenters. The lowest BCUT2D eigenvalue weighted by atomic mass is 9.95. The Morgan fingerprint density at radius 1 is 1.00 bits per heavy atom. The smallest absolute Gasteiger partial charge is 0.324 e. The maximum atomic E-state index is 13.5. The average Bonchev–Trinajstić information content (AvgIpc) is 3.30. The van der Waals surface area contributed by atoms with Crippen LogP contribution in [-0.4, -0.2) is 40.5 Å². The fraction of sp³-hybridized carbons (Fsp3) is 0.333. The Bertz CT molecular complexity index is 1140. The number of Topliss-reactive ketones (excluding diaryl/α,β-unsaturated/α-hetero) is 1. The summed E-state index contributed by atoms with van der Waals surface area (Å²) in [5.74, 6) is -3.34. The van der Waals surface area contributed by atoms with Gasteiger partial charge in [-0.1, -0.05) is 42.5 Å². The maximum Gasteiger partial charge on any atom is 0.324 e. The minimum Gasteiger partial charge on any atom is -0.465 e. The van der Waals surface area contributed by atoms with E-state index in [1.165, 1.54) is 6.20 Å². The zero-order valence-electron chi connectivity index (χ0n) is 17.7. The maximum absolute atomic E-state index is 13.5. The number of esters is 2. The monoisotopic (exact) mass is 420 g/mol. The minimum absolute atomic E-state index is 0.0889. The highest BCUT2D eigenvalue weighted by Crippen LogP contribution is 2.68. The van der Waals surface area contributed by atoms with Crippen molar-refractivity contribution in [1.82, 2.24) is 9.55 Å². The number of fused-ring (bicyclic) bond motifs is 1. The molecule has 0 bridgehead atoms. The molecule has 7 nitrogen and oxygen atoms in total. The van der Waals surface area contributed by atoms with Gasteiger partial charge in [0, 0.05) is 25.4 Å². The summed E-state index contributed by atoms with van der Waals surface area (Å²) in [6, 6.07) is 13.3. The zero-order chi connectivity index (χ0) is 22.2. The van der Waals surface area contributed by atoms with E-state index in [9.17, 15) is 14.4 Å². The third-order valence-corrected chi connectivity index (χ3v) is 5.91. The Labute approximate surface area is 180 Å². The molecule has 1 aliphatic carbocycles. The van der Waals surface area contributed by atoms with Crippen molar-refractivity contribution in [3.63, 3.8) is 0 Å². The second-order valence-corrected chi connectivity index (χ2v) is 7.56. The van der Waals surface area contributed by atoms with E-state index >= 15 is 0 Å². The van der Waals surface area contributed by atoms with E-state index in [1.54, 1.807) is 31.7 Å². The molecule has 7 heteroatoms. The van der Waals surface area contributed by atoms with E-state index in [2.05, 4.69) is 4.98 Å². The quantitative estimate of drug-likeness (QED) is 0.331. The van der Waals surface area contributed by atoms with Gasteiger partial charge in [-0.2, -0.15) is 0 Å². The first-order chi connectivity index (χ1) is 15.0. The number of hydrogen-bond acceptors (Lipinski definition) is 6. The van der Waals surface area contributed by atoms with E-state index in [1.807, 2.05) is 42.5 Å². The van der Waals surface area contributed by atoms with Gasteiger partial charge in [0.05, 0.1) is 19.1 Å². The first-order valence-electron chi connectivity index (χ1n) is 10.3. The minimum atomic E-state index is -1.74. The number of carbonyl (C=O) groups is 3. The standard InChI is InChI=1S/C24H24N2O5/c1-4-30-22(28)24(23(29)31-5-2)18(19(24)20(27)21-25-13-14-26(21)3)17-12-8-10-15-9-6-7-11-16(15)17/h6-14,18-19H,4-5H2,1-3H3/t18-,19+/m1/s1. The van der Waals surface area contributed by atoms with Crippen molar-refractivity contribution in [2.45, 2.75) is 19.8 Å². The van der Waals surface area contributed by atoms with Gasteiger partial charge >= 0.3 is 11.9 Å². The van der Waals surface area contributed by atoms with Gasteiger partial charge in [-0.25, -0.2) is 4.98 Å². The van der Waals surface area contributed by atoms with Crippen LogP contribution in [0, 0.1) is 11.3 Å².